The van der Waals surface area contributed by atoms with Crippen molar-refractivity contribution >= 4 is 34.8 Å². The smallest absolute Gasteiger partial charge is 0.325 e. The minimum Gasteiger partial charge on any atom is -0.465 e. The number of hydrogen-bond acceptors (Lipinski definition) is 7. The van der Waals surface area contributed by atoms with Gasteiger partial charge in [0.2, 0.25) is 0 Å². The van der Waals surface area contributed by atoms with Crippen molar-refractivity contribution in [2.24, 2.45) is 4.99 Å². The van der Waals surface area contributed by atoms with Crippen molar-refractivity contribution in [3.63, 3.8) is 0 Å². The zero-order valence-corrected chi connectivity index (χ0v) is 13.3. The lowest BCUT2D eigenvalue weighted by atomic mass is 10.1. The Morgan fingerprint density at radius 2 is 2.27 bits per heavy atom. The number of amidine groups is 1. The summed E-state index contributed by atoms with van der Waals surface area (Å²) in [5, 5.41) is 2.82. The number of esters is 1. The number of thioether (sulfide) groups is 1. The third-order valence-corrected chi connectivity index (χ3v) is 4.25. The molecule has 2 aliphatic rings. The molecule has 2 heterocycles. The van der Waals surface area contributed by atoms with Crippen molar-refractivity contribution in [2.75, 3.05) is 26.0 Å². The number of nitrogens with zero attached hydrogens (tertiary/aromatic N) is 3. The molecule has 9 heteroatoms. The van der Waals surface area contributed by atoms with Gasteiger partial charge in [0.15, 0.2) is 17.4 Å². The zero-order chi connectivity index (χ0) is 16.3. The Labute approximate surface area is 132 Å². The monoisotopic (exact) mass is 326 g/mol. The molecule has 8 nitrogen and oxygen atoms in total. The van der Waals surface area contributed by atoms with Crippen LogP contribution in [0.15, 0.2) is 17.6 Å². The summed E-state index contributed by atoms with van der Waals surface area (Å²) in [6.07, 6.45) is 1.05. The van der Waals surface area contributed by atoms with Crippen LogP contribution in [0.1, 0.15) is 6.92 Å². The lowest BCUT2D eigenvalue weighted by Gasteiger charge is -2.35. The molecule has 0 aliphatic carbocycles. The van der Waals surface area contributed by atoms with Gasteiger partial charge in [-0.3, -0.25) is 14.9 Å². The molecule has 2 atom stereocenters. The van der Waals surface area contributed by atoms with Gasteiger partial charge in [0.25, 0.3) is 5.91 Å². The van der Waals surface area contributed by atoms with Gasteiger partial charge < -0.3 is 14.5 Å². The Kier molecular flexibility index (Phi) is 5.07. The molecule has 0 aromatic rings. The predicted molar refractivity (Wildman–Crippen MR) is 82.3 cm³/mol. The highest BCUT2D eigenvalue weighted by Gasteiger charge is 2.48. The lowest BCUT2D eigenvalue weighted by molar-refractivity contribution is -0.139. The number of rotatable bonds is 5. The Bertz CT molecular complexity index is 536. The van der Waals surface area contributed by atoms with E-state index in [1.165, 1.54) is 16.7 Å². The van der Waals surface area contributed by atoms with Crippen molar-refractivity contribution in [2.45, 2.75) is 19.1 Å². The van der Waals surface area contributed by atoms with E-state index in [-0.39, 0.29) is 11.7 Å². The third kappa shape index (κ3) is 3.08. The van der Waals surface area contributed by atoms with E-state index in [1.807, 2.05) is 0 Å². The molecule has 0 spiro atoms. The summed E-state index contributed by atoms with van der Waals surface area (Å²) < 4.78 is 4.88. The highest BCUT2D eigenvalue weighted by Crippen LogP contribution is 2.28. The second-order valence-corrected chi connectivity index (χ2v) is 5.65. The number of likely N-dealkylation sites (N-methyl/N-ethyl adjacent to an activating group) is 1. The summed E-state index contributed by atoms with van der Waals surface area (Å²) in [4.78, 5) is 42.8. The summed E-state index contributed by atoms with van der Waals surface area (Å²) in [5.74, 6) is -0.651. The van der Waals surface area contributed by atoms with Gasteiger partial charge >= 0.3 is 12.0 Å². The molecule has 2 aliphatic heterocycles. The van der Waals surface area contributed by atoms with E-state index in [9.17, 15) is 14.4 Å². The zero-order valence-electron chi connectivity index (χ0n) is 12.4. The van der Waals surface area contributed by atoms with Crippen LogP contribution in [0.5, 0.6) is 0 Å². The van der Waals surface area contributed by atoms with Gasteiger partial charge in [-0.25, -0.2) is 9.79 Å². The van der Waals surface area contributed by atoms with Crippen LogP contribution in [0.2, 0.25) is 0 Å². The van der Waals surface area contributed by atoms with Gasteiger partial charge in [0, 0.05) is 13.6 Å². The summed E-state index contributed by atoms with van der Waals surface area (Å²) in [7, 11) is 1.58. The number of carbonyl (C=O) groups is 3. The summed E-state index contributed by atoms with van der Waals surface area (Å²) in [6, 6.07) is -1.09. The van der Waals surface area contributed by atoms with Gasteiger partial charge in [-0.1, -0.05) is 17.8 Å². The number of imide groups is 1. The fourth-order valence-corrected chi connectivity index (χ4v) is 3.14. The second kappa shape index (κ2) is 6.82. The van der Waals surface area contributed by atoms with Crippen LogP contribution in [0.25, 0.3) is 0 Å². The van der Waals surface area contributed by atoms with Crippen LogP contribution in [-0.4, -0.2) is 71.0 Å². The Morgan fingerprint density at radius 3 is 2.91 bits per heavy atom. The molecule has 1 fully saturated rings. The summed E-state index contributed by atoms with van der Waals surface area (Å²) in [6.45, 7) is 6.11. The number of carbonyl (C=O) groups excluding carboxylic acids is 3. The van der Waals surface area contributed by atoms with E-state index in [1.54, 1.807) is 24.9 Å². The first-order valence-electron chi connectivity index (χ1n) is 6.81. The predicted octanol–water partition coefficient (Wildman–Crippen LogP) is 0.0166. The number of fused-ring (bicyclic) bond motifs is 1. The van der Waals surface area contributed by atoms with Crippen LogP contribution in [0, 0.1) is 0 Å². The quantitative estimate of drug-likeness (QED) is 0.565. The Morgan fingerprint density at radius 1 is 1.55 bits per heavy atom. The SMILES string of the molecule is C=CCN1C(SCC(=O)OCC)=NC2C1C(=O)NC(=O)N2C. The fourth-order valence-electron chi connectivity index (χ4n) is 2.28. The van der Waals surface area contributed by atoms with Crippen molar-refractivity contribution in [3.05, 3.63) is 12.7 Å². The van der Waals surface area contributed by atoms with E-state index < -0.39 is 24.1 Å². The molecule has 120 valence electrons. The maximum atomic E-state index is 12.1. The van der Waals surface area contributed by atoms with Crippen molar-refractivity contribution in [1.82, 2.24) is 15.1 Å². The van der Waals surface area contributed by atoms with Crippen molar-refractivity contribution in [1.29, 1.82) is 0 Å². The standard InChI is InChI=1S/C13H18N4O4S/c1-4-6-17-9-10(16(3)12(20)15-11(9)19)14-13(17)22-7-8(18)21-5-2/h4,9-10H,1,5-7H2,2-3H3,(H,15,19,20). The number of hydrogen-bond donors (Lipinski definition) is 1. The first kappa shape index (κ1) is 16.3. The second-order valence-electron chi connectivity index (χ2n) is 4.71. The topological polar surface area (TPSA) is 91.3 Å². The number of urea groups is 1. The van der Waals surface area contributed by atoms with Crippen LogP contribution in [0.3, 0.4) is 0 Å². The largest absolute Gasteiger partial charge is 0.465 e. The Balaban J connectivity index is 2.16. The fraction of sp³-hybridized carbons (Fsp3) is 0.538. The average molecular weight is 326 g/mol. The number of aliphatic imine (C=N–C) groups is 1. The van der Waals surface area contributed by atoms with Crippen LogP contribution in [-0.2, 0) is 14.3 Å². The maximum absolute atomic E-state index is 12.1. The Hall–Kier alpha value is -2.03. The maximum Gasteiger partial charge on any atom is 0.325 e. The molecule has 0 saturated carbocycles. The van der Waals surface area contributed by atoms with E-state index in [2.05, 4.69) is 16.9 Å². The minimum atomic E-state index is -0.606. The normalized spacial score (nSPS) is 23.8. The highest BCUT2D eigenvalue weighted by atomic mass is 32.2. The van der Waals surface area contributed by atoms with Crippen LogP contribution >= 0.6 is 11.8 Å². The number of nitrogens with one attached hydrogen (secondary N) is 1. The molecule has 2 rings (SSSR count). The molecule has 0 radical (unpaired) electrons. The first-order chi connectivity index (χ1) is 10.5. The van der Waals surface area contributed by atoms with Crippen molar-refractivity contribution < 1.29 is 19.1 Å². The van der Waals surface area contributed by atoms with Crippen LogP contribution < -0.4 is 5.32 Å². The van der Waals surface area contributed by atoms with Gasteiger partial charge in [-0.05, 0) is 6.92 Å². The van der Waals surface area contributed by atoms with Gasteiger partial charge in [-0.2, -0.15) is 0 Å². The minimum absolute atomic E-state index is 0.0963. The summed E-state index contributed by atoms with van der Waals surface area (Å²) >= 11 is 1.19. The van der Waals surface area contributed by atoms with E-state index in [0.717, 1.165) is 0 Å². The van der Waals surface area contributed by atoms with E-state index in [4.69, 9.17) is 4.74 Å². The molecule has 1 N–H and O–H groups in total. The third-order valence-electron chi connectivity index (χ3n) is 3.27. The lowest BCUT2D eigenvalue weighted by Crippen LogP contribution is -2.63. The molecular formula is C13H18N4O4S. The van der Waals surface area contributed by atoms with E-state index in [0.29, 0.717) is 18.3 Å². The highest BCUT2D eigenvalue weighted by molar-refractivity contribution is 8.14. The van der Waals surface area contributed by atoms with Crippen LogP contribution in [0.4, 0.5) is 4.79 Å². The molecular weight excluding hydrogens is 308 g/mol. The molecule has 0 bridgehead atoms. The molecule has 2 unspecified atom stereocenters. The molecule has 3 amide bonds. The van der Waals surface area contributed by atoms with Gasteiger partial charge in [0.05, 0.1) is 12.4 Å². The number of ether oxygens (including phenoxy) is 1. The molecule has 1 saturated heterocycles. The first-order valence-corrected chi connectivity index (χ1v) is 7.79. The van der Waals surface area contributed by atoms with E-state index >= 15 is 0 Å². The summed E-state index contributed by atoms with van der Waals surface area (Å²) in [5.41, 5.74) is 0. The van der Waals surface area contributed by atoms with Gasteiger partial charge in [0.1, 0.15) is 0 Å². The molecule has 22 heavy (non-hydrogen) atoms. The molecule has 0 aromatic heterocycles. The molecule has 0 aromatic carbocycles. The van der Waals surface area contributed by atoms with Crippen molar-refractivity contribution in [3.8, 4) is 0 Å². The average Bonchev–Trinajstić information content (AvgIpc) is 2.83. The van der Waals surface area contributed by atoms with Gasteiger partial charge in [-0.15, -0.1) is 6.58 Å². The number of amides is 3.